The average Bonchev–Trinajstić information content (AvgIpc) is 2.60. The molecule has 2 nitrogen and oxygen atoms in total. The molecule has 0 aliphatic rings. The lowest BCUT2D eigenvalue weighted by Gasteiger charge is -2.02. The first-order valence-electron chi connectivity index (χ1n) is 4.98. The Balaban J connectivity index is 2.45. The zero-order valence-electron chi connectivity index (χ0n) is 8.83. The van der Waals surface area contributed by atoms with E-state index in [-0.39, 0.29) is 5.91 Å². The van der Waals surface area contributed by atoms with E-state index >= 15 is 0 Å². The van der Waals surface area contributed by atoms with Crippen molar-refractivity contribution >= 4 is 27.3 Å². The van der Waals surface area contributed by atoms with Crippen LogP contribution in [0, 0.1) is 6.92 Å². The normalized spacial score (nSPS) is 10.5. The summed E-state index contributed by atoms with van der Waals surface area (Å²) in [5.74, 6) is 0.00463. The van der Waals surface area contributed by atoms with Crippen LogP contribution in [0.5, 0.6) is 0 Å². The number of benzene rings is 1. The molecule has 1 aromatic heterocycles. The number of carbonyl (C=O) groups excluding carboxylic acids is 1. The molecule has 15 heavy (non-hydrogen) atoms. The lowest BCUT2D eigenvalue weighted by atomic mass is 10.1. The molecule has 3 heteroatoms. The molecule has 0 unspecified atom stereocenters. The van der Waals surface area contributed by atoms with E-state index in [1.807, 2.05) is 25.1 Å². The Labute approximate surface area is 92.9 Å². The van der Waals surface area contributed by atoms with Crippen molar-refractivity contribution in [3.8, 4) is 0 Å². The van der Waals surface area contributed by atoms with Crippen LogP contribution >= 0.6 is 11.3 Å². The summed E-state index contributed by atoms with van der Waals surface area (Å²) >= 11 is 1.72. The molecule has 0 atom stereocenters. The van der Waals surface area contributed by atoms with Crippen LogP contribution in [-0.4, -0.2) is 12.5 Å². The van der Waals surface area contributed by atoms with Crippen molar-refractivity contribution in [2.24, 2.45) is 0 Å². The standard InChI is InChI=1S/C12H13NOS/c1-3-13-12(14)9-4-5-11-10(6-9)8(2)7-15-11/h4-7H,3H2,1-2H3,(H,13,14). The number of rotatable bonds is 2. The van der Waals surface area contributed by atoms with E-state index < -0.39 is 0 Å². The first-order chi connectivity index (χ1) is 7.22. The van der Waals surface area contributed by atoms with Crippen LogP contribution in [0.1, 0.15) is 22.8 Å². The molecule has 0 aliphatic heterocycles. The second-order valence-corrected chi connectivity index (χ2v) is 4.40. The maximum absolute atomic E-state index is 11.6. The number of fused-ring (bicyclic) bond motifs is 1. The topological polar surface area (TPSA) is 29.1 Å². The predicted octanol–water partition coefficient (Wildman–Crippen LogP) is 2.96. The molecule has 78 valence electrons. The Kier molecular flexibility index (Phi) is 2.73. The fraction of sp³-hybridized carbons (Fsp3) is 0.250. The highest BCUT2D eigenvalue weighted by Gasteiger charge is 2.06. The van der Waals surface area contributed by atoms with Gasteiger partial charge >= 0.3 is 0 Å². The van der Waals surface area contributed by atoms with Crippen molar-refractivity contribution in [1.82, 2.24) is 5.32 Å². The van der Waals surface area contributed by atoms with Crippen LogP contribution in [0.15, 0.2) is 23.6 Å². The van der Waals surface area contributed by atoms with Crippen molar-refractivity contribution in [3.63, 3.8) is 0 Å². The van der Waals surface area contributed by atoms with Gasteiger partial charge in [-0.25, -0.2) is 0 Å². The van der Waals surface area contributed by atoms with Crippen LogP contribution in [0.25, 0.3) is 10.1 Å². The second kappa shape index (κ2) is 4.03. The van der Waals surface area contributed by atoms with E-state index in [0.29, 0.717) is 6.54 Å². The van der Waals surface area contributed by atoms with Crippen LogP contribution in [0.4, 0.5) is 0 Å². The van der Waals surface area contributed by atoms with Gasteiger partial charge in [0, 0.05) is 16.8 Å². The van der Waals surface area contributed by atoms with Crippen LogP contribution in [0.2, 0.25) is 0 Å². The molecule has 0 saturated carbocycles. The lowest BCUT2D eigenvalue weighted by molar-refractivity contribution is 0.0956. The first kappa shape index (κ1) is 10.2. The van der Waals surface area contributed by atoms with Crippen molar-refractivity contribution in [2.45, 2.75) is 13.8 Å². The number of hydrogen-bond acceptors (Lipinski definition) is 2. The Morgan fingerprint density at radius 2 is 2.27 bits per heavy atom. The number of amides is 1. The van der Waals surface area contributed by atoms with Gasteiger partial charge in [0.2, 0.25) is 0 Å². The van der Waals surface area contributed by atoms with Gasteiger partial charge in [0.15, 0.2) is 0 Å². The molecule has 1 heterocycles. The van der Waals surface area contributed by atoms with Gasteiger partial charge in [0.05, 0.1) is 0 Å². The Hall–Kier alpha value is -1.35. The van der Waals surface area contributed by atoms with Crippen molar-refractivity contribution in [1.29, 1.82) is 0 Å². The predicted molar refractivity (Wildman–Crippen MR) is 64.6 cm³/mol. The minimum Gasteiger partial charge on any atom is -0.352 e. The van der Waals surface area contributed by atoms with Gasteiger partial charge in [-0.15, -0.1) is 11.3 Å². The van der Waals surface area contributed by atoms with E-state index in [1.54, 1.807) is 11.3 Å². The zero-order chi connectivity index (χ0) is 10.8. The van der Waals surface area contributed by atoms with Crippen molar-refractivity contribution in [2.75, 3.05) is 6.54 Å². The molecule has 0 spiro atoms. The molecule has 2 rings (SSSR count). The fourth-order valence-corrected chi connectivity index (χ4v) is 2.48. The van der Waals surface area contributed by atoms with Crippen LogP contribution < -0.4 is 5.32 Å². The summed E-state index contributed by atoms with van der Waals surface area (Å²) in [5.41, 5.74) is 1.98. The highest BCUT2D eigenvalue weighted by molar-refractivity contribution is 7.17. The van der Waals surface area contributed by atoms with Crippen molar-refractivity contribution in [3.05, 3.63) is 34.7 Å². The number of nitrogens with one attached hydrogen (secondary N) is 1. The highest BCUT2D eigenvalue weighted by Crippen LogP contribution is 2.26. The molecule has 1 amide bonds. The summed E-state index contributed by atoms with van der Waals surface area (Å²) < 4.78 is 1.24. The molecule has 2 aromatic rings. The van der Waals surface area contributed by atoms with Crippen molar-refractivity contribution < 1.29 is 4.79 Å². The third kappa shape index (κ3) is 1.88. The monoisotopic (exact) mass is 219 g/mol. The number of hydrogen-bond donors (Lipinski definition) is 1. The SMILES string of the molecule is CCNC(=O)c1ccc2scc(C)c2c1. The largest absolute Gasteiger partial charge is 0.352 e. The lowest BCUT2D eigenvalue weighted by Crippen LogP contribution is -2.22. The second-order valence-electron chi connectivity index (χ2n) is 3.49. The summed E-state index contributed by atoms with van der Waals surface area (Å²) in [7, 11) is 0. The maximum Gasteiger partial charge on any atom is 0.251 e. The molecule has 0 fully saturated rings. The van der Waals surface area contributed by atoms with Gasteiger partial charge in [0.25, 0.3) is 5.91 Å². The van der Waals surface area contributed by atoms with Gasteiger partial charge in [-0.05, 0) is 48.4 Å². The van der Waals surface area contributed by atoms with Gasteiger partial charge in [-0.2, -0.15) is 0 Å². The summed E-state index contributed by atoms with van der Waals surface area (Å²) in [6.07, 6.45) is 0. The number of thiophene rings is 1. The van der Waals surface area contributed by atoms with E-state index in [2.05, 4.69) is 17.6 Å². The van der Waals surface area contributed by atoms with E-state index in [1.165, 1.54) is 15.6 Å². The number of aryl methyl sites for hydroxylation is 1. The molecular weight excluding hydrogens is 206 g/mol. The Bertz CT molecular complexity index is 501. The van der Waals surface area contributed by atoms with Crippen LogP contribution in [0.3, 0.4) is 0 Å². The average molecular weight is 219 g/mol. The van der Waals surface area contributed by atoms with Gasteiger partial charge in [0.1, 0.15) is 0 Å². The maximum atomic E-state index is 11.6. The molecular formula is C12H13NOS. The first-order valence-corrected chi connectivity index (χ1v) is 5.86. The highest BCUT2D eigenvalue weighted by atomic mass is 32.1. The minimum absolute atomic E-state index is 0.00463. The molecule has 1 aromatic carbocycles. The van der Waals surface area contributed by atoms with E-state index in [4.69, 9.17) is 0 Å². The Morgan fingerprint density at radius 1 is 1.47 bits per heavy atom. The minimum atomic E-state index is 0.00463. The molecule has 0 saturated heterocycles. The third-order valence-corrected chi connectivity index (χ3v) is 3.45. The smallest absolute Gasteiger partial charge is 0.251 e. The molecule has 1 N–H and O–H groups in total. The third-order valence-electron chi connectivity index (χ3n) is 2.37. The van der Waals surface area contributed by atoms with Gasteiger partial charge < -0.3 is 5.32 Å². The van der Waals surface area contributed by atoms with Crippen LogP contribution in [-0.2, 0) is 0 Å². The molecule has 0 bridgehead atoms. The van der Waals surface area contributed by atoms with Gasteiger partial charge in [-0.3, -0.25) is 4.79 Å². The molecule has 0 aliphatic carbocycles. The van der Waals surface area contributed by atoms with E-state index in [9.17, 15) is 4.79 Å². The van der Waals surface area contributed by atoms with Gasteiger partial charge in [-0.1, -0.05) is 0 Å². The fourth-order valence-electron chi connectivity index (χ4n) is 1.56. The quantitative estimate of drug-likeness (QED) is 0.826. The molecule has 0 radical (unpaired) electrons. The summed E-state index contributed by atoms with van der Waals surface area (Å²) in [4.78, 5) is 11.6. The number of carbonyl (C=O) groups is 1. The zero-order valence-corrected chi connectivity index (χ0v) is 9.65. The summed E-state index contributed by atoms with van der Waals surface area (Å²) in [6.45, 7) is 4.66. The summed E-state index contributed by atoms with van der Waals surface area (Å²) in [5, 5.41) is 6.10. The van der Waals surface area contributed by atoms with E-state index in [0.717, 1.165) is 5.56 Å². The summed E-state index contributed by atoms with van der Waals surface area (Å²) in [6, 6.07) is 5.85. The Morgan fingerprint density at radius 3 is 3.00 bits per heavy atom.